The normalized spacial score (nSPS) is 27.2. The number of nitrogens with zero attached hydrogens (tertiary/aromatic N) is 3. The second-order valence-electron chi connectivity index (χ2n) is 9.69. The molecule has 2 bridgehead atoms. The maximum absolute atomic E-state index is 13.9. The zero-order chi connectivity index (χ0) is 26.7. The Labute approximate surface area is 211 Å². The first kappa shape index (κ1) is 25.0. The minimum atomic E-state index is -4.56. The fourth-order valence-electron chi connectivity index (χ4n) is 6.27. The van der Waals surface area contributed by atoms with Crippen LogP contribution in [0.15, 0.2) is 54.6 Å². The molecule has 3 unspecified atom stereocenters. The molecule has 3 saturated heterocycles. The van der Waals surface area contributed by atoms with E-state index in [0.717, 1.165) is 29.8 Å². The molecule has 0 aliphatic carbocycles. The molecular weight excluding hydrogens is 487 g/mol. The van der Waals surface area contributed by atoms with Crippen LogP contribution in [0, 0.1) is 11.8 Å². The molecule has 4 amide bonds. The van der Waals surface area contributed by atoms with Crippen LogP contribution in [-0.2, 0) is 27.1 Å². The van der Waals surface area contributed by atoms with E-state index in [1.807, 2.05) is 6.07 Å². The number of imide groups is 1. The molecule has 7 nitrogen and oxygen atoms in total. The second kappa shape index (κ2) is 8.71. The van der Waals surface area contributed by atoms with Crippen LogP contribution in [0.25, 0.3) is 0 Å². The van der Waals surface area contributed by atoms with E-state index in [1.54, 1.807) is 43.0 Å². The Kier molecular flexibility index (Phi) is 5.88. The van der Waals surface area contributed by atoms with Crippen molar-refractivity contribution in [3.05, 3.63) is 71.3 Å². The molecule has 10 heteroatoms. The first-order valence-electron chi connectivity index (χ1n) is 12.3. The zero-order valence-electron chi connectivity index (χ0n) is 20.4. The molecule has 3 aliphatic rings. The predicted octanol–water partition coefficient (Wildman–Crippen LogP) is 3.34. The minimum Gasteiger partial charge on any atom is -0.339 e. The number of likely N-dealkylation sites (tertiary alicyclic amines) is 2. The Morgan fingerprint density at radius 1 is 0.973 bits per heavy atom. The van der Waals surface area contributed by atoms with Crippen molar-refractivity contribution in [2.75, 3.05) is 13.1 Å². The van der Waals surface area contributed by atoms with Crippen LogP contribution >= 0.6 is 0 Å². The van der Waals surface area contributed by atoms with Gasteiger partial charge in [-0.3, -0.25) is 24.1 Å². The van der Waals surface area contributed by atoms with Gasteiger partial charge in [-0.1, -0.05) is 37.3 Å². The van der Waals surface area contributed by atoms with Gasteiger partial charge in [-0.05, 0) is 43.2 Å². The molecular formula is C27H26F3N3O4. The summed E-state index contributed by atoms with van der Waals surface area (Å²) < 4.78 is 39.2. The fraction of sp³-hybridized carbons (Fsp3) is 0.407. The lowest BCUT2D eigenvalue weighted by Gasteiger charge is -2.49. The largest absolute Gasteiger partial charge is 0.416 e. The highest BCUT2D eigenvalue weighted by Crippen LogP contribution is 2.54. The number of rotatable bonds is 5. The van der Waals surface area contributed by atoms with Gasteiger partial charge in [-0.2, -0.15) is 13.2 Å². The molecule has 0 saturated carbocycles. The molecule has 3 fully saturated rings. The standard InChI is InChI=1S/C27H26F3N3O4/c1-3-26-21-20(23(35)32(24(21)36)14-16-8-6-5-7-9-16)19(15-31(4-2)25(26)37)33(26)22(34)17-10-12-18(13-11-17)27(28,29)30/h5-13,19-21H,3-4,14-15H2,1-2H3/t19?,20?,21?,26-/m1/s1. The van der Waals surface area contributed by atoms with E-state index >= 15 is 0 Å². The second-order valence-corrected chi connectivity index (χ2v) is 9.69. The van der Waals surface area contributed by atoms with Gasteiger partial charge < -0.3 is 9.80 Å². The van der Waals surface area contributed by atoms with Gasteiger partial charge in [-0.15, -0.1) is 0 Å². The maximum Gasteiger partial charge on any atom is 0.416 e. The average Bonchev–Trinajstić information content (AvgIpc) is 3.28. The van der Waals surface area contributed by atoms with Gasteiger partial charge in [0.05, 0.1) is 30.0 Å². The molecule has 37 heavy (non-hydrogen) atoms. The van der Waals surface area contributed by atoms with Crippen LogP contribution in [0.2, 0.25) is 0 Å². The number of halogens is 3. The lowest BCUT2D eigenvalue weighted by atomic mass is 9.78. The summed E-state index contributed by atoms with van der Waals surface area (Å²) in [5.74, 6) is -3.97. The van der Waals surface area contributed by atoms with Crippen molar-refractivity contribution in [1.82, 2.24) is 14.7 Å². The number of benzene rings is 2. The van der Waals surface area contributed by atoms with Crippen molar-refractivity contribution < 1.29 is 32.3 Å². The van der Waals surface area contributed by atoms with Crippen LogP contribution in [-0.4, -0.2) is 63.0 Å². The number of piperazine rings is 1. The molecule has 0 N–H and O–H groups in total. The first-order chi connectivity index (χ1) is 17.6. The third-order valence-electron chi connectivity index (χ3n) is 7.98. The van der Waals surface area contributed by atoms with Crippen molar-refractivity contribution in [2.45, 2.75) is 44.6 Å². The summed E-state index contributed by atoms with van der Waals surface area (Å²) in [5, 5.41) is 0. The molecule has 5 rings (SSSR count). The van der Waals surface area contributed by atoms with Crippen LogP contribution < -0.4 is 0 Å². The Hall–Kier alpha value is -3.69. The summed E-state index contributed by atoms with van der Waals surface area (Å²) in [6.45, 7) is 3.96. The third-order valence-corrected chi connectivity index (χ3v) is 7.98. The summed E-state index contributed by atoms with van der Waals surface area (Å²) in [6, 6.07) is 12.0. The topological polar surface area (TPSA) is 78.0 Å². The molecule has 3 heterocycles. The SMILES string of the molecule is CCN1CC2C3C(=O)N(Cc4ccccc4)C(=O)C3[C@](CC)(C1=O)N2C(=O)c1ccc(C(F)(F)F)cc1. The quantitative estimate of drug-likeness (QED) is 0.575. The van der Waals surface area contributed by atoms with E-state index in [0.29, 0.717) is 6.54 Å². The highest BCUT2D eigenvalue weighted by Gasteiger charge is 2.74. The van der Waals surface area contributed by atoms with Crippen LogP contribution in [0.5, 0.6) is 0 Å². The van der Waals surface area contributed by atoms with E-state index in [-0.39, 0.29) is 25.1 Å². The number of alkyl halides is 3. The van der Waals surface area contributed by atoms with Gasteiger partial charge in [0.2, 0.25) is 17.7 Å². The van der Waals surface area contributed by atoms with Crippen molar-refractivity contribution in [3.8, 4) is 0 Å². The van der Waals surface area contributed by atoms with Crippen LogP contribution in [0.1, 0.15) is 41.8 Å². The van der Waals surface area contributed by atoms with Crippen LogP contribution in [0.3, 0.4) is 0 Å². The fourth-order valence-corrected chi connectivity index (χ4v) is 6.27. The molecule has 0 radical (unpaired) electrons. The van der Waals surface area contributed by atoms with Crippen molar-refractivity contribution >= 4 is 23.6 Å². The summed E-state index contributed by atoms with van der Waals surface area (Å²) in [7, 11) is 0. The summed E-state index contributed by atoms with van der Waals surface area (Å²) >= 11 is 0. The van der Waals surface area contributed by atoms with Crippen molar-refractivity contribution in [2.24, 2.45) is 11.8 Å². The van der Waals surface area contributed by atoms with Crippen molar-refractivity contribution in [3.63, 3.8) is 0 Å². The molecule has 4 atom stereocenters. The Morgan fingerprint density at radius 3 is 2.19 bits per heavy atom. The van der Waals surface area contributed by atoms with E-state index in [2.05, 4.69) is 0 Å². The minimum absolute atomic E-state index is 0.0328. The Bertz CT molecular complexity index is 1260. The van der Waals surface area contributed by atoms with Gasteiger partial charge in [0.25, 0.3) is 5.91 Å². The van der Waals surface area contributed by atoms with Gasteiger partial charge >= 0.3 is 6.18 Å². The highest BCUT2D eigenvalue weighted by molar-refractivity contribution is 6.13. The van der Waals surface area contributed by atoms with E-state index in [4.69, 9.17) is 0 Å². The van der Waals surface area contributed by atoms with Crippen LogP contribution in [0.4, 0.5) is 13.2 Å². The zero-order valence-corrected chi connectivity index (χ0v) is 20.4. The number of hydrogen-bond donors (Lipinski definition) is 0. The van der Waals surface area contributed by atoms with Crippen molar-refractivity contribution in [1.29, 1.82) is 0 Å². The van der Waals surface area contributed by atoms with E-state index < -0.39 is 58.8 Å². The number of amides is 4. The van der Waals surface area contributed by atoms with Gasteiger partial charge in [0.15, 0.2) is 0 Å². The van der Waals surface area contributed by atoms with E-state index in [1.165, 1.54) is 9.80 Å². The smallest absolute Gasteiger partial charge is 0.339 e. The number of likely N-dealkylation sites (N-methyl/N-ethyl adjacent to an activating group) is 1. The molecule has 2 aromatic carbocycles. The predicted molar refractivity (Wildman–Crippen MR) is 126 cm³/mol. The summed E-state index contributed by atoms with van der Waals surface area (Å²) in [6.07, 6.45) is -4.48. The third kappa shape index (κ3) is 3.56. The molecule has 0 aromatic heterocycles. The first-order valence-corrected chi connectivity index (χ1v) is 12.3. The summed E-state index contributed by atoms with van der Waals surface area (Å²) in [4.78, 5) is 59.2. The number of hydrogen-bond acceptors (Lipinski definition) is 4. The molecule has 3 aliphatic heterocycles. The molecule has 194 valence electrons. The number of fused-ring (bicyclic) bond motifs is 5. The number of carbonyl (C=O) groups is 4. The van der Waals surface area contributed by atoms with Gasteiger partial charge in [0.1, 0.15) is 5.54 Å². The average molecular weight is 514 g/mol. The molecule has 2 aromatic rings. The Balaban J connectivity index is 1.56. The lowest BCUT2D eigenvalue weighted by Crippen LogP contribution is -2.69. The monoisotopic (exact) mass is 513 g/mol. The maximum atomic E-state index is 13.9. The molecule has 0 spiro atoms. The van der Waals surface area contributed by atoms with Gasteiger partial charge in [0, 0.05) is 18.7 Å². The lowest BCUT2D eigenvalue weighted by molar-refractivity contribution is -0.157. The summed E-state index contributed by atoms with van der Waals surface area (Å²) in [5.41, 5.74) is -1.77. The number of carbonyl (C=O) groups excluding carboxylic acids is 4. The van der Waals surface area contributed by atoms with E-state index in [9.17, 15) is 32.3 Å². The van der Waals surface area contributed by atoms with Gasteiger partial charge in [-0.25, -0.2) is 0 Å². The Morgan fingerprint density at radius 2 is 1.62 bits per heavy atom. The highest BCUT2D eigenvalue weighted by atomic mass is 19.4.